The van der Waals surface area contributed by atoms with Gasteiger partial charge in [0.2, 0.25) is 0 Å². The molecule has 6 heteroatoms. The largest absolute Gasteiger partial charge is 0.462 e. The first-order valence-corrected chi connectivity index (χ1v) is 26.7. The molecule has 354 valence electrons. The molecular formula is C54H102O6. The van der Waals surface area contributed by atoms with Crippen LogP contribution in [0, 0.1) is 0 Å². The second kappa shape index (κ2) is 49.8. The van der Waals surface area contributed by atoms with Gasteiger partial charge in [0, 0.05) is 19.3 Å². The number of esters is 3. The van der Waals surface area contributed by atoms with Crippen LogP contribution in [0.2, 0.25) is 0 Å². The maximum absolute atomic E-state index is 12.8. The van der Waals surface area contributed by atoms with Crippen molar-refractivity contribution in [1.29, 1.82) is 0 Å². The summed E-state index contributed by atoms with van der Waals surface area (Å²) in [5.74, 6) is -0.861. The van der Waals surface area contributed by atoms with E-state index in [1.54, 1.807) is 0 Å². The van der Waals surface area contributed by atoms with Crippen molar-refractivity contribution in [2.75, 3.05) is 13.2 Å². The molecule has 0 bridgehead atoms. The molecule has 6 nitrogen and oxygen atoms in total. The topological polar surface area (TPSA) is 78.9 Å². The Morgan fingerprint density at radius 1 is 0.317 bits per heavy atom. The maximum Gasteiger partial charge on any atom is 0.306 e. The van der Waals surface area contributed by atoms with Gasteiger partial charge in [-0.1, -0.05) is 245 Å². The van der Waals surface area contributed by atoms with Gasteiger partial charge in [-0.2, -0.15) is 0 Å². The third-order valence-corrected chi connectivity index (χ3v) is 12.0. The van der Waals surface area contributed by atoms with Gasteiger partial charge in [-0.15, -0.1) is 0 Å². The minimum Gasteiger partial charge on any atom is -0.462 e. The van der Waals surface area contributed by atoms with E-state index in [0.29, 0.717) is 19.3 Å². The Bertz CT molecular complexity index is 931. The predicted octanol–water partition coefficient (Wildman–Crippen LogP) is 17.4. The van der Waals surface area contributed by atoms with Crippen LogP contribution in [0.1, 0.15) is 297 Å². The van der Waals surface area contributed by atoms with E-state index in [1.807, 2.05) is 0 Å². The lowest BCUT2D eigenvalue weighted by atomic mass is 10.0. The van der Waals surface area contributed by atoms with Crippen molar-refractivity contribution in [2.24, 2.45) is 0 Å². The van der Waals surface area contributed by atoms with Crippen LogP contribution in [0.15, 0.2) is 12.2 Å². The van der Waals surface area contributed by atoms with Gasteiger partial charge in [0.15, 0.2) is 6.10 Å². The molecule has 0 aliphatic heterocycles. The summed E-state index contributed by atoms with van der Waals surface area (Å²) in [6, 6.07) is 0. The molecule has 0 aromatic carbocycles. The summed E-state index contributed by atoms with van der Waals surface area (Å²) in [5.41, 5.74) is 0. The number of allylic oxidation sites excluding steroid dienone is 2. The number of hydrogen-bond acceptors (Lipinski definition) is 6. The third kappa shape index (κ3) is 47.2. The van der Waals surface area contributed by atoms with E-state index in [9.17, 15) is 14.4 Å². The smallest absolute Gasteiger partial charge is 0.306 e. The van der Waals surface area contributed by atoms with E-state index in [2.05, 4.69) is 32.9 Å². The minimum absolute atomic E-state index is 0.0681. The zero-order valence-corrected chi connectivity index (χ0v) is 40.5. The van der Waals surface area contributed by atoms with E-state index in [0.717, 1.165) is 64.2 Å². The average molecular weight is 847 g/mol. The standard InChI is InChI=1S/C54H102O6/c1-4-7-10-13-16-19-21-23-25-27-29-30-32-35-38-41-44-47-53(56)59-50-51(49-58-52(55)46-43-40-37-34-18-15-12-9-6-3)60-54(57)48-45-42-39-36-33-31-28-26-24-22-20-17-14-11-8-5-2/h26,28,51H,4-25,27,29-50H2,1-3H3/b28-26-/t51-/m1/s1. The number of rotatable bonds is 49. The van der Waals surface area contributed by atoms with Crippen molar-refractivity contribution in [3.05, 3.63) is 12.2 Å². The lowest BCUT2D eigenvalue weighted by molar-refractivity contribution is -0.167. The third-order valence-electron chi connectivity index (χ3n) is 12.0. The predicted molar refractivity (Wildman–Crippen MR) is 256 cm³/mol. The van der Waals surface area contributed by atoms with Gasteiger partial charge in [-0.3, -0.25) is 14.4 Å². The van der Waals surface area contributed by atoms with Crippen molar-refractivity contribution in [2.45, 2.75) is 303 Å². The van der Waals surface area contributed by atoms with Crippen molar-refractivity contribution in [3.8, 4) is 0 Å². The molecule has 0 aliphatic carbocycles. The van der Waals surface area contributed by atoms with Crippen molar-refractivity contribution in [1.82, 2.24) is 0 Å². The van der Waals surface area contributed by atoms with Crippen LogP contribution in [0.4, 0.5) is 0 Å². The van der Waals surface area contributed by atoms with Crippen LogP contribution in [0.5, 0.6) is 0 Å². The first kappa shape index (κ1) is 58.1. The molecule has 0 aromatic heterocycles. The van der Waals surface area contributed by atoms with Crippen molar-refractivity contribution < 1.29 is 28.6 Å². The Labute approximate surface area is 373 Å². The number of unbranched alkanes of at least 4 members (excludes halogenated alkanes) is 36. The molecule has 60 heavy (non-hydrogen) atoms. The van der Waals surface area contributed by atoms with Gasteiger partial charge < -0.3 is 14.2 Å². The molecule has 0 N–H and O–H groups in total. The molecule has 0 aliphatic rings. The lowest BCUT2D eigenvalue weighted by Crippen LogP contribution is -2.30. The highest BCUT2D eigenvalue weighted by Crippen LogP contribution is 2.16. The quantitative estimate of drug-likeness (QED) is 0.0263. The van der Waals surface area contributed by atoms with Gasteiger partial charge in [0.1, 0.15) is 13.2 Å². The van der Waals surface area contributed by atoms with Crippen LogP contribution in [-0.4, -0.2) is 37.2 Å². The molecule has 0 spiro atoms. The van der Waals surface area contributed by atoms with E-state index in [4.69, 9.17) is 14.2 Å². The first-order valence-electron chi connectivity index (χ1n) is 26.7. The zero-order chi connectivity index (χ0) is 43.7. The maximum atomic E-state index is 12.8. The highest BCUT2D eigenvalue weighted by atomic mass is 16.6. The number of ether oxygens (including phenoxy) is 3. The summed E-state index contributed by atoms with van der Waals surface area (Å²) >= 11 is 0. The SMILES string of the molecule is CCCCCCCCC/C=C\CCCCCCCC(=O)O[C@H](COC(=O)CCCCCCCCCCC)COC(=O)CCCCCCCCCCCCCCCCCCC. The second-order valence-corrected chi connectivity index (χ2v) is 18.2. The molecule has 0 heterocycles. The minimum atomic E-state index is -0.767. The number of carbonyl (C=O) groups excluding carboxylic acids is 3. The van der Waals surface area contributed by atoms with Crippen LogP contribution >= 0.6 is 0 Å². The molecule has 0 saturated carbocycles. The Morgan fingerprint density at radius 2 is 0.550 bits per heavy atom. The summed E-state index contributed by atoms with van der Waals surface area (Å²) in [6.07, 6.45) is 54.9. The summed E-state index contributed by atoms with van der Waals surface area (Å²) in [6.45, 7) is 6.65. The van der Waals surface area contributed by atoms with Gasteiger partial charge in [-0.05, 0) is 44.9 Å². The lowest BCUT2D eigenvalue weighted by Gasteiger charge is -2.18. The fourth-order valence-electron chi connectivity index (χ4n) is 7.97. The molecule has 0 unspecified atom stereocenters. The monoisotopic (exact) mass is 847 g/mol. The van der Waals surface area contributed by atoms with Gasteiger partial charge in [-0.25, -0.2) is 0 Å². The number of hydrogen-bond donors (Lipinski definition) is 0. The Hall–Kier alpha value is -1.85. The fourth-order valence-corrected chi connectivity index (χ4v) is 7.97. The zero-order valence-electron chi connectivity index (χ0n) is 40.5. The van der Waals surface area contributed by atoms with Crippen LogP contribution in [-0.2, 0) is 28.6 Å². The van der Waals surface area contributed by atoms with Crippen LogP contribution in [0.3, 0.4) is 0 Å². The van der Waals surface area contributed by atoms with E-state index in [1.165, 1.54) is 193 Å². The normalized spacial score (nSPS) is 12.0. The van der Waals surface area contributed by atoms with Crippen molar-refractivity contribution >= 4 is 17.9 Å². The van der Waals surface area contributed by atoms with Gasteiger partial charge >= 0.3 is 17.9 Å². The van der Waals surface area contributed by atoms with E-state index in [-0.39, 0.29) is 31.1 Å². The second-order valence-electron chi connectivity index (χ2n) is 18.2. The molecule has 0 rings (SSSR count). The fraction of sp³-hybridized carbons (Fsp3) is 0.907. The highest BCUT2D eigenvalue weighted by molar-refractivity contribution is 5.71. The van der Waals surface area contributed by atoms with Crippen LogP contribution < -0.4 is 0 Å². The molecule has 0 radical (unpaired) electrons. The molecule has 1 atom stereocenters. The molecule has 0 amide bonds. The Balaban J connectivity index is 4.27. The Kier molecular flexibility index (Phi) is 48.3. The van der Waals surface area contributed by atoms with Gasteiger partial charge in [0.25, 0.3) is 0 Å². The molecule has 0 fully saturated rings. The first-order chi connectivity index (χ1) is 29.5. The summed E-state index contributed by atoms with van der Waals surface area (Å²) < 4.78 is 16.8. The summed E-state index contributed by atoms with van der Waals surface area (Å²) in [5, 5.41) is 0. The molecule has 0 saturated heterocycles. The summed E-state index contributed by atoms with van der Waals surface area (Å²) in [7, 11) is 0. The van der Waals surface area contributed by atoms with Gasteiger partial charge in [0.05, 0.1) is 0 Å². The van der Waals surface area contributed by atoms with Crippen molar-refractivity contribution in [3.63, 3.8) is 0 Å². The average Bonchev–Trinajstić information content (AvgIpc) is 3.24. The number of carbonyl (C=O) groups is 3. The van der Waals surface area contributed by atoms with E-state index >= 15 is 0 Å². The molecule has 0 aromatic rings. The highest BCUT2D eigenvalue weighted by Gasteiger charge is 2.19. The summed E-state index contributed by atoms with van der Waals surface area (Å²) in [4.78, 5) is 37.9. The van der Waals surface area contributed by atoms with Crippen LogP contribution in [0.25, 0.3) is 0 Å². The van der Waals surface area contributed by atoms with E-state index < -0.39 is 6.10 Å². The Morgan fingerprint density at radius 3 is 0.833 bits per heavy atom. The molecular weight excluding hydrogens is 745 g/mol.